The normalized spacial score (nSPS) is 27.0. The molecule has 96 valence electrons. The maximum absolute atomic E-state index is 3.45. The Labute approximate surface area is 107 Å². The molecular weight excluding hydrogens is 220 g/mol. The van der Waals surface area contributed by atoms with E-state index in [4.69, 9.17) is 0 Å². The third-order valence-corrected chi connectivity index (χ3v) is 4.27. The number of nitrogens with zero attached hydrogens (tertiary/aromatic N) is 1. The predicted molar refractivity (Wildman–Crippen MR) is 72.3 cm³/mol. The maximum Gasteiger partial charge on any atom is 0.0229 e. The Kier molecular flexibility index (Phi) is 6.71. The first-order chi connectivity index (χ1) is 7.36. The van der Waals surface area contributed by atoms with Crippen molar-refractivity contribution in [1.82, 2.24) is 10.2 Å². The van der Waals surface area contributed by atoms with E-state index in [9.17, 15) is 0 Å². The summed E-state index contributed by atoms with van der Waals surface area (Å²) in [6, 6.07) is 0.814. The molecular formula is C13H27ClN2. The lowest BCUT2D eigenvalue weighted by molar-refractivity contribution is 0.220. The highest BCUT2D eigenvalue weighted by Gasteiger charge is 2.20. The summed E-state index contributed by atoms with van der Waals surface area (Å²) < 4.78 is 0. The number of rotatable bonds is 4. The lowest BCUT2D eigenvalue weighted by atomic mass is 9.87. The highest BCUT2D eigenvalue weighted by Crippen LogP contribution is 2.26. The molecule has 1 unspecified atom stereocenters. The number of hydrogen-bond acceptors (Lipinski definition) is 2. The van der Waals surface area contributed by atoms with Crippen LogP contribution in [0.5, 0.6) is 0 Å². The topological polar surface area (TPSA) is 15.3 Å². The molecule has 1 saturated heterocycles. The Balaban J connectivity index is 0.00000128. The summed E-state index contributed by atoms with van der Waals surface area (Å²) >= 11 is 0. The summed E-state index contributed by atoms with van der Waals surface area (Å²) in [6.07, 6.45) is 10.2. The summed E-state index contributed by atoms with van der Waals surface area (Å²) in [6.45, 7) is 3.75. The fraction of sp³-hybridized carbons (Fsp3) is 1.00. The van der Waals surface area contributed by atoms with Gasteiger partial charge in [-0.05, 0) is 38.9 Å². The van der Waals surface area contributed by atoms with Crippen LogP contribution in [0.25, 0.3) is 0 Å². The highest BCUT2D eigenvalue weighted by molar-refractivity contribution is 5.85. The first-order valence-electron chi connectivity index (χ1n) is 6.77. The predicted octanol–water partition coefficient (Wildman–Crippen LogP) is 2.67. The van der Waals surface area contributed by atoms with Gasteiger partial charge in [-0.1, -0.05) is 32.1 Å². The highest BCUT2D eigenvalue weighted by atomic mass is 35.5. The zero-order valence-electron chi connectivity index (χ0n) is 10.6. The van der Waals surface area contributed by atoms with E-state index >= 15 is 0 Å². The molecule has 2 nitrogen and oxygen atoms in total. The zero-order valence-corrected chi connectivity index (χ0v) is 11.4. The molecule has 2 aliphatic rings. The summed E-state index contributed by atoms with van der Waals surface area (Å²) in [5.41, 5.74) is 0. The van der Waals surface area contributed by atoms with Crippen LogP contribution in [-0.4, -0.2) is 37.6 Å². The molecule has 0 bridgehead atoms. The smallest absolute Gasteiger partial charge is 0.0229 e. The van der Waals surface area contributed by atoms with Gasteiger partial charge in [0.15, 0.2) is 0 Å². The van der Waals surface area contributed by atoms with Crippen molar-refractivity contribution in [3.05, 3.63) is 0 Å². The van der Waals surface area contributed by atoms with Crippen LogP contribution in [0.15, 0.2) is 0 Å². The van der Waals surface area contributed by atoms with E-state index in [1.807, 2.05) is 0 Å². The fourth-order valence-electron chi connectivity index (χ4n) is 3.06. The molecule has 3 heteroatoms. The quantitative estimate of drug-likeness (QED) is 0.821. The summed E-state index contributed by atoms with van der Waals surface area (Å²) in [7, 11) is 2.31. The van der Waals surface area contributed by atoms with E-state index < -0.39 is 0 Å². The van der Waals surface area contributed by atoms with Crippen LogP contribution in [0.3, 0.4) is 0 Å². The SMILES string of the molecule is CN(CCC1CCCCC1)C1CCNC1.Cl. The number of halogens is 1. The van der Waals surface area contributed by atoms with Gasteiger partial charge in [-0.3, -0.25) is 0 Å². The summed E-state index contributed by atoms with van der Waals surface area (Å²) in [5.74, 6) is 1.04. The van der Waals surface area contributed by atoms with Crippen molar-refractivity contribution in [2.75, 3.05) is 26.7 Å². The van der Waals surface area contributed by atoms with Gasteiger partial charge in [-0.2, -0.15) is 0 Å². The Morgan fingerprint density at radius 1 is 1.12 bits per heavy atom. The lowest BCUT2D eigenvalue weighted by Crippen LogP contribution is -2.35. The van der Waals surface area contributed by atoms with Crippen molar-refractivity contribution in [2.24, 2.45) is 5.92 Å². The monoisotopic (exact) mass is 246 g/mol. The van der Waals surface area contributed by atoms with Gasteiger partial charge in [0.25, 0.3) is 0 Å². The molecule has 0 aromatic carbocycles. The molecule has 1 aliphatic carbocycles. The number of hydrogen-bond donors (Lipinski definition) is 1. The van der Waals surface area contributed by atoms with E-state index in [2.05, 4.69) is 17.3 Å². The molecule has 1 saturated carbocycles. The first-order valence-corrected chi connectivity index (χ1v) is 6.77. The van der Waals surface area contributed by atoms with Crippen LogP contribution in [0.4, 0.5) is 0 Å². The minimum absolute atomic E-state index is 0. The summed E-state index contributed by atoms with van der Waals surface area (Å²) in [5, 5.41) is 3.45. The molecule has 2 rings (SSSR count). The summed E-state index contributed by atoms with van der Waals surface area (Å²) in [4.78, 5) is 2.58. The Morgan fingerprint density at radius 3 is 2.50 bits per heavy atom. The Morgan fingerprint density at radius 2 is 1.88 bits per heavy atom. The molecule has 0 radical (unpaired) electrons. The minimum atomic E-state index is 0. The molecule has 1 atom stereocenters. The largest absolute Gasteiger partial charge is 0.315 e. The molecule has 16 heavy (non-hydrogen) atoms. The van der Waals surface area contributed by atoms with Crippen LogP contribution < -0.4 is 5.32 Å². The van der Waals surface area contributed by atoms with E-state index in [0.717, 1.165) is 12.0 Å². The van der Waals surface area contributed by atoms with E-state index in [0.29, 0.717) is 0 Å². The van der Waals surface area contributed by atoms with E-state index in [1.165, 1.54) is 64.6 Å². The first kappa shape index (κ1) is 14.3. The van der Waals surface area contributed by atoms with Crippen LogP contribution >= 0.6 is 12.4 Å². The Hall–Kier alpha value is 0.210. The van der Waals surface area contributed by atoms with Crippen LogP contribution in [0.1, 0.15) is 44.9 Å². The fourth-order valence-corrected chi connectivity index (χ4v) is 3.06. The third kappa shape index (κ3) is 4.23. The van der Waals surface area contributed by atoms with Gasteiger partial charge >= 0.3 is 0 Å². The minimum Gasteiger partial charge on any atom is -0.315 e. The van der Waals surface area contributed by atoms with Gasteiger partial charge in [-0.15, -0.1) is 12.4 Å². The van der Waals surface area contributed by atoms with Crippen molar-refractivity contribution in [2.45, 2.75) is 51.0 Å². The van der Waals surface area contributed by atoms with Crippen molar-refractivity contribution in [3.63, 3.8) is 0 Å². The van der Waals surface area contributed by atoms with Crippen LogP contribution in [0, 0.1) is 5.92 Å². The van der Waals surface area contributed by atoms with E-state index in [-0.39, 0.29) is 12.4 Å². The van der Waals surface area contributed by atoms with Crippen molar-refractivity contribution >= 4 is 12.4 Å². The molecule has 1 N–H and O–H groups in total. The number of likely N-dealkylation sites (N-methyl/N-ethyl adjacent to an activating group) is 1. The molecule has 1 heterocycles. The van der Waals surface area contributed by atoms with Gasteiger partial charge in [0.2, 0.25) is 0 Å². The van der Waals surface area contributed by atoms with Gasteiger partial charge in [0, 0.05) is 12.6 Å². The van der Waals surface area contributed by atoms with Crippen LogP contribution in [0.2, 0.25) is 0 Å². The van der Waals surface area contributed by atoms with Crippen molar-refractivity contribution in [1.29, 1.82) is 0 Å². The second-order valence-corrected chi connectivity index (χ2v) is 5.42. The van der Waals surface area contributed by atoms with Crippen molar-refractivity contribution < 1.29 is 0 Å². The average Bonchev–Trinajstić information content (AvgIpc) is 2.81. The third-order valence-electron chi connectivity index (χ3n) is 4.27. The van der Waals surface area contributed by atoms with Gasteiger partial charge in [0.05, 0.1) is 0 Å². The molecule has 0 aromatic rings. The molecule has 2 fully saturated rings. The standard InChI is InChI=1S/C13H26N2.ClH/c1-15(13-7-9-14-11-13)10-8-12-5-3-2-4-6-12;/h12-14H,2-11H2,1H3;1H. The van der Waals surface area contributed by atoms with Crippen LogP contribution in [-0.2, 0) is 0 Å². The lowest BCUT2D eigenvalue weighted by Gasteiger charge is -2.27. The Bertz CT molecular complexity index is 175. The second kappa shape index (κ2) is 7.52. The number of nitrogens with one attached hydrogen (secondary N) is 1. The zero-order chi connectivity index (χ0) is 10.5. The molecule has 0 amide bonds. The molecule has 1 aliphatic heterocycles. The second-order valence-electron chi connectivity index (χ2n) is 5.42. The van der Waals surface area contributed by atoms with Gasteiger partial charge in [-0.25, -0.2) is 0 Å². The van der Waals surface area contributed by atoms with Gasteiger partial charge in [0.1, 0.15) is 0 Å². The molecule has 0 aromatic heterocycles. The van der Waals surface area contributed by atoms with Crippen molar-refractivity contribution in [3.8, 4) is 0 Å². The maximum atomic E-state index is 3.45. The van der Waals surface area contributed by atoms with Gasteiger partial charge < -0.3 is 10.2 Å². The average molecular weight is 247 g/mol. The van der Waals surface area contributed by atoms with E-state index in [1.54, 1.807) is 0 Å². The molecule has 0 spiro atoms.